The Kier molecular flexibility index (Phi) is 4.04. The van der Waals surface area contributed by atoms with Gasteiger partial charge in [0.15, 0.2) is 11.5 Å². The van der Waals surface area contributed by atoms with E-state index in [0.29, 0.717) is 35.4 Å². The van der Waals surface area contributed by atoms with Gasteiger partial charge in [0, 0.05) is 17.9 Å². The Morgan fingerprint density at radius 1 is 1.39 bits per heavy atom. The number of phenolic OH excluding ortho intramolecular Hbond substituents is 1. The van der Waals surface area contributed by atoms with E-state index in [1.54, 1.807) is 12.1 Å². The molecule has 0 spiro atoms. The molecule has 1 aromatic heterocycles. The average Bonchev–Trinajstić information content (AvgIpc) is 2.85. The summed E-state index contributed by atoms with van der Waals surface area (Å²) in [4.78, 5) is 0. The lowest BCUT2D eigenvalue weighted by Gasteiger charge is -2.03. The number of nitrogens with zero attached hydrogens (tertiary/aromatic N) is 2. The van der Waals surface area contributed by atoms with Gasteiger partial charge in [-0.05, 0) is 24.6 Å². The first-order valence-corrected chi connectivity index (χ1v) is 6.03. The van der Waals surface area contributed by atoms with Gasteiger partial charge in [0.2, 0.25) is 11.8 Å². The number of aromatic nitrogens is 2. The van der Waals surface area contributed by atoms with Crippen LogP contribution in [0.3, 0.4) is 0 Å². The van der Waals surface area contributed by atoms with Crippen LogP contribution in [0.15, 0.2) is 22.6 Å². The van der Waals surface area contributed by atoms with Crippen molar-refractivity contribution in [2.75, 3.05) is 13.0 Å². The Balaban J connectivity index is 2.20. The van der Waals surface area contributed by atoms with E-state index in [1.165, 1.54) is 13.2 Å². The van der Waals surface area contributed by atoms with Crippen molar-refractivity contribution in [1.29, 1.82) is 0 Å². The van der Waals surface area contributed by atoms with Crippen molar-refractivity contribution in [3.63, 3.8) is 0 Å². The number of alkyl halides is 1. The van der Waals surface area contributed by atoms with Crippen molar-refractivity contribution in [1.82, 2.24) is 10.2 Å². The van der Waals surface area contributed by atoms with Crippen LogP contribution in [0, 0.1) is 0 Å². The van der Waals surface area contributed by atoms with E-state index in [-0.39, 0.29) is 5.75 Å². The van der Waals surface area contributed by atoms with E-state index in [1.807, 2.05) is 0 Å². The molecule has 0 aliphatic carbocycles. The first-order chi connectivity index (χ1) is 8.74. The first-order valence-electron chi connectivity index (χ1n) is 5.50. The lowest BCUT2D eigenvalue weighted by atomic mass is 10.2. The molecule has 0 radical (unpaired) electrons. The molecule has 2 rings (SSSR count). The minimum Gasteiger partial charge on any atom is -0.504 e. The number of aromatic hydroxyl groups is 1. The SMILES string of the molecule is COc1ccc(-c2nnc(CCCCl)o2)cc1O. The monoisotopic (exact) mass is 268 g/mol. The highest BCUT2D eigenvalue weighted by Crippen LogP contribution is 2.30. The highest BCUT2D eigenvalue weighted by molar-refractivity contribution is 6.17. The second-order valence-corrected chi connectivity index (χ2v) is 4.06. The molecule has 0 aliphatic rings. The van der Waals surface area contributed by atoms with Crippen molar-refractivity contribution in [3.8, 4) is 23.0 Å². The molecule has 0 atom stereocenters. The van der Waals surface area contributed by atoms with Crippen LogP contribution in [0.1, 0.15) is 12.3 Å². The van der Waals surface area contributed by atoms with Crippen LogP contribution in [0.25, 0.3) is 11.5 Å². The Labute approximate surface area is 109 Å². The standard InChI is InChI=1S/C12H13ClN2O3/c1-17-10-5-4-8(7-9(10)16)12-15-14-11(18-12)3-2-6-13/h4-5,7,16H,2-3,6H2,1H3. The first kappa shape index (κ1) is 12.7. The molecule has 96 valence electrons. The summed E-state index contributed by atoms with van der Waals surface area (Å²) < 4.78 is 10.4. The molecule has 1 heterocycles. The molecular formula is C12H13ClN2O3. The summed E-state index contributed by atoms with van der Waals surface area (Å²) in [5.41, 5.74) is 0.651. The fourth-order valence-corrected chi connectivity index (χ4v) is 1.65. The Bertz CT molecular complexity index is 528. The van der Waals surface area contributed by atoms with Crippen molar-refractivity contribution >= 4 is 11.6 Å². The lowest BCUT2D eigenvalue weighted by Crippen LogP contribution is -1.85. The van der Waals surface area contributed by atoms with Crippen molar-refractivity contribution in [2.24, 2.45) is 0 Å². The van der Waals surface area contributed by atoms with Gasteiger partial charge in [0.1, 0.15) is 0 Å². The molecular weight excluding hydrogens is 256 g/mol. The summed E-state index contributed by atoms with van der Waals surface area (Å²) in [7, 11) is 1.49. The summed E-state index contributed by atoms with van der Waals surface area (Å²) in [6.45, 7) is 0. The number of ether oxygens (including phenoxy) is 1. The Hall–Kier alpha value is -1.75. The molecule has 2 aromatic rings. The third-order valence-electron chi connectivity index (χ3n) is 2.42. The Morgan fingerprint density at radius 3 is 2.89 bits per heavy atom. The van der Waals surface area contributed by atoms with Crippen molar-refractivity contribution in [2.45, 2.75) is 12.8 Å². The molecule has 5 nitrogen and oxygen atoms in total. The number of rotatable bonds is 5. The van der Waals surface area contributed by atoms with Gasteiger partial charge in [0.25, 0.3) is 0 Å². The zero-order chi connectivity index (χ0) is 13.0. The highest BCUT2D eigenvalue weighted by Gasteiger charge is 2.10. The quantitative estimate of drug-likeness (QED) is 0.844. The van der Waals surface area contributed by atoms with E-state index in [9.17, 15) is 5.11 Å². The second-order valence-electron chi connectivity index (χ2n) is 3.68. The van der Waals surface area contributed by atoms with Gasteiger partial charge in [0.05, 0.1) is 7.11 Å². The number of hydrogen-bond donors (Lipinski definition) is 1. The van der Waals surface area contributed by atoms with Gasteiger partial charge in [-0.3, -0.25) is 0 Å². The van der Waals surface area contributed by atoms with Gasteiger partial charge < -0.3 is 14.3 Å². The fourth-order valence-electron chi connectivity index (χ4n) is 1.51. The Morgan fingerprint density at radius 2 is 2.22 bits per heavy atom. The minimum atomic E-state index is 0.0375. The lowest BCUT2D eigenvalue weighted by molar-refractivity contribution is 0.373. The normalized spacial score (nSPS) is 10.6. The molecule has 0 bridgehead atoms. The molecule has 1 N–H and O–H groups in total. The maximum atomic E-state index is 9.67. The van der Waals surface area contributed by atoms with Crippen molar-refractivity contribution < 1.29 is 14.3 Å². The molecule has 0 aliphatic heterocycles. The van der Waals surface area contributed by atoms with Crippen LogP contribution in [-0.2, 0) is 6.42 Å². The predicted molar refractivity (Wildman–Crippen MR) is 67.0 cm³/mol. The van der Waals surface area contributed by atoms with Gasteiger partial charge in [-0.1, -0.05) is 0 Å². The summed E-state index contributed by atoms with van der Waals surface area (Å²) in [6.07, 6.45) is 1.44. The third-order valence-corrected chi connectivity index (χ3v) is 2.68. The summed E-state index contributed by atoms with van der Waals surface area (Å²) in [6, 6.07) is 4.92. The van der Waals surface area contributed by atoms with Crippen molar-refractivity contribution in [3.05, 3.63) is 24.1 Å². The van der Waals surface area contributed by atoms with Crippen LogP contribution < -0.4 is 4.74 Å². The minimum absolute atomic E-state index is 0.0375. The van der Waals surface area contributed by atoms with Crippen LogP contribution in [0.5, 0.6) is 11.5 Å². The van der Waals surface area contributed by atoms with Gasteiger partial charge in [-0.2, -0.15) is 0 Å². The molecule has 1 aromatic carbocycles. The highest BCUT2D eigenvalue weighted by atomic mass is 35.5. The maximum Gasteiger partial charge on any atom is 0.247 e. The number of halogens is 1. The van der Waals surface area contributed by atoms with Crippen LogP contribution in [0.4, 0.5) is 0 Å². The molecule has 0 fully saturated rings. The third kappa shape index (κ3) is 2.73. The molecule has 6 heteroatoms. The smallest absolute Gasteiger partial charge is 0.247 e. The van der Waals surface area contributed by atoms with E-state index in [2.05, 4.69) is 10.2 Å². The van der Waals surface area contributed by atoms with Crippen LogP contribution in [0.2, 0.25) is 0 Å². The van der Waals surface area contributed by atoms with Crippen LogP contribution >= 0.6 is 11.6 Å². The zero-order valence-electron chi connectivity index (χ0n) is 9.89. The summed E-state index contributed by atoms with van der Waals surface area (Å²) in [5, 5.41) is 17.5. The number of benzene rings is 1. The van der Waals surface area contributed by atoms with Crippen LogP contribution in [-0.4, -0.2) is 28.3 Å². The average molecular weight is 269 g/mol. The second kappa shape index (κ2) is 5.73. The van der Waals surface area contributed by atoms with E-state index >= 15 is 0 Å². The summed E-state index contributed by atoms with van der Waals surface area (Å²) >= 11 is 5.59. The number of hydrogen-bond acceptors (Lipinski definition) is 5. The number of phenols is 1. The van der Waals surface area contributed by atoms with E-state index < -0.39 is 0 Å². The largest absolute Gasteiger partial charge is 0.504 e. The molecule has 0 amide bonds. The molecule has 0 saturated carbocycles. The van der Waals surface area contributed by atoms with Gasteiger partial charge >= 0.3 is 0 Å². The number of aryl methyl sites for hydroxylation is 1. The number of methoxy groups -OCH3 is 1. The van der Waals surface area contributed by atoms with E-state index in [4.69, 9.17) is 20.8 Å². The van der Waals surface area contributed by atoms with Gasteiger partial charge in [-0.15, -0.1) is 21.8 Å². The molecule has 0 saturated heterocycles. The topological polar surface area (TPSA) is 68.4 Å². The fraction of sp³-hybridized carbons (Fsp3) is 0.333. The molecule has 18 heavy (non-hydrogen) atoms. The summed E-state index contributed by atoms with van der Waals surface area (Å²) in [5.74, 6) is 1.91. The van der Waals surface area contributed by atoms with E-state index in [0.717, 1.165) is 6.42 Å². The molecule has 0 unspecified atom stereocenters. The maximum absolute atomic E-state index is 9.67. The van der Waals surface area contributed by atoms with Gasteiger partial charge in [-0.25, -0.2) is 0 Å². The predicted octanol–water partition coefficient (Wildman–Crippen LogP) is 2.62. The zero-order valence-corrected chi connectivity index (χ0v) is 10.6.